The van der Waals surface area contributed by atoms with Crippen LogP contribution in [0.3, 0.4) is 0 Å². The molecule has 0 aliphatic carbocycles. The van der Waals surface area contributed by atoms with Crippen LogP contribution in [0.5, 0.6) is 11.6 Å². The summed E-state index contributed by atoms with van der Waals surface area (Å²) in [6.07, 6.45) is 1.68. The van der Waals surface area contributed by atoms with Gasteiger partial charge in [-0.3, -0.25) is 0 Å². The van der Waals surface area contributed by atoms with Crippen molar-refractivity contribution in [2.45, 2.75) is 6.92 Å². The maximum Gasteiger partial charge on any atom is 0.219 e. The van der Waals surface area contributed by atoms with Crippen molar-refractivity contribution in [2.24, 2.45) is 0 Å². The highest BCUT2D eigenvalue weighted by Crippen LogP contribution is 2.33. The zero-order valence-corrected chi connectivity index (χ0v) is 10.9. The van der Waals surface area contributed by atoms with Gasteiger partial charge in [-0.2, -0.15) is 0 Å². The lowest BCUT2D eigenvalue weighted by Crippen LogP contribution is -1.89. The van der Waals surface area contributed by atoms with E-state index in [9.17, 15) is 0 Å². The van der Waals surface area contributed by atoms with Crippen LogP contribution in [0.1, 0.15) is 5.56 Å². The Labute approximate surface area is 107 Å². The van der Waals surface area contributed by atoms with Crippen molar-refractivity contribution in [3.8, 4) is 11.6 Å². The molecule has 0 saturated carbocycles. The quantitative estimate of drug-likeness (QED) is 0.808. The molecule has 0 spiro atoms. The fraction of sp³-hybridized carbons (Fsp3) is 0.0833. The molecule has 0 N–H and O–H groups in total. The van der Waals surface area contributed by atoms with Crippen LogP contribution in [0.2, 0.25) is 5.02 Å². The molecule has 0 aliphatic heterocycles. The second-order valence-corrected chi connectivity index (χ2v) is 4.56. The van der Waals surface area contributed by atoms with E-state index in [0.717, 1.165) is 10.0 Å². The standard InChI is InChI=1S/C12H9BrClNO/c1-8-6-11(10(14)7-9(8)13)16-12-4-2-3-5-15-12/h2-7H,1H3. The number of halogens is 2. The van der Waals surface area contributed by atoms with Gasteiger partial charge in [-0.15, -0.1) is 0 Å². The Bertz CT molecular complexity index is 502. The summed E-state index contributed by atoms with van der Waals surface area (Å²) in [5.74, 6) is 1.15. The van der Waals surface area contributed by atoms with Gasteiger partial charge in [-0.05, 0) is 30.7 Å². The van der Waals surface area contributed by atoms with E-state index in [4.69, 9.17) is 16.3 Å². The Morgan fingerprint density at radius 1 is 1.31 bits per heavy atom. The number of benzene rings is 1. The minimum atomic E-state index is 0.533. The summed E-state index contributed by atoms with van der Waals surface area (Å²) in [4.78, 5) is 4.07. The summed E-state index contributed by atoms with van der Waals surface area (Å²) in [5, 5.41) is 0.558. The molecule has 0 amide bonds. The third-order valence-corrected chi connectivity index (χ3v) is 3.22. The Hall–Kier alpha value is -1.06. The molecule has 2 aromatic rings. The summed E-state index contributed by atoms with van der Waals surface area (Å²) in [7, 11) is 0. The molecule has 2 rings (SSSR count). The van der Waals surface area contributed by atoms with Gasteiger partial charge in [-0.1, -0.05) is 33.6 Å². The molecule has 0 aliphatic rings. The number of nitrogens with zero attached hydrogens (tertiary/aromatic N) is 1. The summed E-state index contributed by atoms with van der Waals surface area (Å²) in [6.45, 7) is 1.98. The van der Waals surface area contributed by atoms with Gasteiger partial charge in [0.2, 0.25) is 5.88 Å². The van der Waals surface area contributed by atoms with Gasteiger partial charge >= 0.3 is 0 Å². The number of aryl methyl sites for hydroxylation is 1. The smallest absolute Gasteiger partial charge is 0.219 e. The maximum atomic E-state index is 6.07. The molecule has 2 nitrogen and oxygen atoms in total. The summed E-state index contributed by atoms with van der Waals surface area (Å²) in [6, 6.07) is 9.17. The van der Waals surface area contributed by atoms with Crippen LogP contribution in [0.25, 0.3) is 0 Å². The number of aromatic nitrogens is 1. The van der Waals surface area contributed by atoms with E-state index in [1.165, 1.54) is 0 Å². The fourth-order valence-electron chi connectivity index (χ4n) is 1.23. The molecular formula is C12H9BrClNO. The lowest BCUT2D eigenvalue weighted by molar-refractivity contribution is 0.463. The van der Waals surface area contributed by atoms with Gasteiger partial charge < -0.3 is 4.74 Å². The summed E-state index contributed by atoms with van der Waals surface area (Å²) in [5.41, 5.74) is 1.07. The van der Waals surface area contributed by atoms with Crippen LogP contribution in [0.15, 0.2) is 41.0 Å². The van der Waals surface area contributed by atoms with E-state index in [2.05, 4.69) is 20.9 Å². The molecule has 0 radical (unpaired) electrons. The van der Waals surface area contributed by atoms with Crippen LogP contribution >= 0.6 is 27.5 Å². The minimum absolute atomic E-state index is 0.533. The maximum absolute atomic E-state index is 6.07. The average Bonchev–Trinajstić information content (AvgIpc) is 2.27. The zero-order valence-electron chi connectivity index (χ0n) is 8.58. The predicted molar refractivity (Wildman–Crippen MR) is 68.2 cm³/mol. The van der Waals surface area contributed by atoms with Gasteiger partial charge in [0, 0.05) is 16.7 Å². The molecule has 82 valence electrons. The van der Waals surface area contributed by atoms with E-state index < -0.39 is 0 Å². The fourth-order valence-corrected chi connectivity index (χ4v) is 1.91. The number of hydrogen-bond acceptors (Lipinski definition) is 2. The van der Waals surface area contributed by atoms with E-state index in [-0.39, 0.29) is 0 Å². The molecular weight excluding hydrogens is 289 g/mol. The first-order chi connectivity index (χ1) is 7.66. The summed E-state index contributed by atoms with van der Waals surface area (Å²) >= 11 is 9.48. The monoisotopic (exact) mass is 297 g/mol. The van der Waals surface area contributed by atoms with E-state index in [1.54, 1.807) is 12.3 Å². The molecule has 0 unspecified atom stereocenters. The molecule has 0 bridgehead atoms. The predicted octanol–water partition coefficient (Wildman–Crippen LogP) is 4.60. The molecule has 1 aromatic carbocycles. The van der Waals surface area contributed by atoms with Gasteiger partial charge in [-0.25, -0.2) is 4.98 Å². The van der Waals surface area contributed by atoms with Crippen molar-refractivity contribution < 1.29 is 4.74 Å². The molecule has 0 atom stereocenters. The first-order valence-electron chi connectivity index (χ1n) is 4.71. The van der Waals surface area contributed by atoms with Crippen LogP contribution < -0.4 is 4.74 Å². The third kappa shape index (κ3) is 2.54. The van der Waals surface area contributed by atoms with Crippen molar-refractivity contribution in [2.75, 3.05) is 0 Å². The van der Waals surface area contributed by atoms with Crippen molar-refractivity contribution in [3.05, 3.63) is 51.6 Å². The van der Waals surface area contributed by atoms with Gasteiger partial charge in [0.1, 0.15) is 5.75 Å². The van der Waals surface area contributed by atoms with Crippen LogP contribution in [0.4, 0.5) is 0 Å². The Morgan fingerprint density at radius 3 is 2.81 bits per heavy atom. The van der Waals surface area contributed by atoms with Crippen molar-refractivity contribution in [3.63, 3.8) is 0 Å². The molecule has 0 saturated heterocycles. The van der Waals surface area contributed by atoms with Gasteiger partial charge in [0.15, 0.2) is 0 Å². The first kappa shape index (κ1) is 11.4. The number of ether oxygens (including phenoxy) is 1. The lowest BCUT2D eigenvalue weighted by Gasteiger charge is -2.08. The molecule has 16 heavy (non-hydrogen) atoms. The van der Waals surface area contributed by atoms with Crippen molar-refractivity contribution in [1.82, 2.24) is 4.98 Å². The Kier molecular flexibility index (Phi) is 3.46. The zero-order chi connectivity index (χ0) is 11.5. The molecule has 4 heteroatoms. The SMILES string of the molecule is Cc1cc(Oc2ccccn2)c(Cl)cc1Br. The first-order valence-corrected chi connectivity index (χ1v) is 5.88. The number of rotatable bonds is 2. The molecule has 1 aromatic heterocycles. The normalized spacial score (nSPS) is 10.2. The second kappa shape index (κ2) is 4.85. The van der Waals surface area contributed by atoms with Crippen LogP contribution in [-0.4, -0.2) is 4.98 Å². The largest absolute Gasteiger partial charge is 0.437 e. The lowest BCUT2D eigenvalue weighted by atomic mass is 10.2. The highest BCUT2D eigenvalue weighted by Gasteiger charge is 2.06. The highest BCUT2D eigenvalue weighted by molar-refractivity contribution is 9.10. The summed E-state index contributed by atoms with van der Waals surface area (Å²) < 4.78 is 6.54. The molecule has 1 heterocycles. The minimum Gasteiger partial charge on any atom is -0.437 e. The number of hydrogen-bond donors (Lipinski definition) is 0. The Balaban J connectivity index is 2.32. The van der Waals surface area contributed by atoms with Crippen LogP contribution in [0, 0.1) is 6.92 Å². The van der Waals surface area contributed by atoms with Crippen molar-refractivity contribution in [1.29, 1.82) is 0 Å². The third-order valence-electron chi connectivity index (χ3n) is 2.07. The highest BCUT2D eigenvalue weighted by atomic mass is 79.9. The molecule has 0 fully saturated rings. The van der Waals surface area contributed by atoms with E-state index >= 15 is 0 Å². The van der Waals surface area contributed by atoms with E-state index in [0.29, 0.717) is 16.7 Å². The Morgan fingerprint density at radius 2 is 2.12 bits per heavy atom. The van der Waals surface area contributed by atoms with Gasteiger partial charge in [0.25, 0.3) is 0 Å². The van der Waals surface area contributed by atoms with Crippen LogP contribution in [-0.2, 0) is 0 Å². The van der Waals surface area contributed by atoms with Gasteiger partial charge in [0.05, 0.1) is 5.02 Å². The second-order valence-electron chi connectivity index (χ2n) is 3.30. The topological polar surface area (TPSA) is 22.1 Å². The van der Waals surface area contributed by atoms with E-state index in [1.807, 2.05) is 31.2 Å². The average molecular weight is 299 g/mol. The number of pyridine rings is 1. The van der Waals surface area contributed by atoms with Crippen molar-refractivity contribution >= 4 is 27.5 Å².